The fourth-order valence-corrected chi connectivity index (χ4v) is 2.41. The Balaban J connectivity index is 2.04. The van der Waals surface area contributed by atoms with Crippen molar-refractivity contribution in [3.63, 3.8) is 0 Å². The third-order valence-corrected chi connectivity index (χ3v) is 3.68. The molecule has 0 radical (unpaired) electrons. The van der Waals surface area contributed by atoms with Crippen molar-refractivity contribution in [3.05, 3.63) is 65.7 Å². The summed E-state index contributed by atoms with van der Waals surface area (Å²) in [5, 5.41) is 0. The van der Waals surface area contributed by atoms with E-state index in [1.165, 1.54) is 5.56 Å². The van der Waals surface area contributed by atoms with E-state index in [1.807, 2.05) is 56.3 Å². The average Bonchev–Trinajstić information content (AvgIpc) is 2.56. The van der Waals surface area contributed by atoms with E-state index in [0.29, 0.717) is 13.1 Å². The molecule has 0 saturated heterocycles. The molecule has 0 bridgehead atoms. The van der Waals surface area contributed by atoms with Crippen LogP contribution < -0.4 is 4.74 Å². The van der Waals surface area contributed by atoms with Crippen LogP contribution in [-0.2, 0) is 11.2 Å². The Morgan fingerprint density at radius 1 is 0.955 bits per heavy atom. The lowest BCUT2D eigenvalue weighted by Crippen LogP contribution is -2.34. The Kier molecular flexibility index (Phi) is 6.01. The van der Waals surface area contributed by atoms with Gasteiger partial charge in [-0.15, -0.1) is 0 Å². The maximum Gasteiger partial charge on any atom is 0.260 e. The molecule has 0 spiro atoms. The molecule has 0 aliphatic carbocycles. The molecular formula is C19H23NO2. The van der Waals surface area contributed by atoms with Gasteiger partial charge in [-0.05, 0) is 31.0 Å². The van der Waals surface area contributed by atoms with Gasteiger partial charge in [-0.25, -0.2) is 0 Å². The van der Waals surface area contributed by atoms with E-state index >= 15 is 0 Å². The first-order chi connectivity index (χ1) is 10.7. The SMILES string of the molecule is CCN(CC)C(=O)COc1ccccc1Cc1ccccc1. The van der Waals surface area contributed by atoms with Gasteiger partial charge < -0.3 is 9.64 Å². The normalized spacial score (nSPS) is 10.3. The third kappa shape index (κ3) is 4.35. The Morgan fingerprint density at radius 2 is 1.59 bits per heavy atom. The molecule has 2 rings (SSSR count). The van der Waals surface area contributed by atoms with Crippen LogP contribution in [0, 0.1) is 0 Å². The number of carbonyl (C=O) groups is 1. The van der Waals surface area contributed by atoms with Crippen LogP contribution in [0.4, 0.5) is 0 Å². The monoisotopic (exact) mass is 297 g/mol. The summed E-state index contributed by atoms with van der Waals surface area (Å²) < 4.78 is 5.76. The average molecular weight is 297 g/mol. The number of carbonyl (C=O) groups excluding carboxylic acids is 1. The number of hydrogen-bond acceptors (Lipinski definition) is 2. The first kappa shape index (κ1) is 16.1. The molecule has 0 heterocycles. The highest BCUT2D eigenvalue weighted by Gasteiger charge is 2.11. The smallest absolute Gasteiger partial charge is 0.260 e. The molecule has 0 N–H and O–H groups in total. The number of rotatable bonds is 7. The molecule has 3 nitrogen and oxygen atoms in total. The predicted octanol–water partition coefficient (Wildman–Crippen LogP) is 3.52. The fraction of sp³-hybridized carbons (Fsp3) is 0.316. The number of likely N-dealkylation sites (N-methyl/N-ethyl adjacent to an activating group) is 1. The van der Waals surface area contributed by atoms with Crippen LogP contribution in [0.25, 0.3) is 0 Å². The molecule has 0 aromatic heterocycles. The molecule has 0 fully saturated rings. The first-order valence-electron chi connectivity index (χ1n) is 7.77. The fourth-order valence-electron chi connectivity index (χ4n) is 2.41. The minimum atomic E-state index is 0.0273. The Hall–Kier alpha value is -2.29. The molecule has 0 aliphatic rings. The van der Waals surface area contributed by atoms with Gasteiger partial charge in [0.05, 0.1) is 0 Å². The lowest BCUT2D eigenvalue weighted by molar-refractivity contribution is -0.132. The topological polar surface area (TPSA) is 29.5 Å². The van der Waals surface area contributed by atoms with Crippen molar-refractivity contribution >= 4 is 5.91 Å². The highest BCUT2D eigenvalue weighted by atomic mass is 16.5. The van der Waals surface area contributed by atoms with Gasteiger partial charge in [0, 0.05) is 19.5 Å². The third-order valence-electron chi connectivity index (χ3n) is 3.68. The van der Waals surface area contributed by atoms with Crippen LogP contribution >= 0.6 is 0 Å². The van der Waals surface area contributed by atoms with Crippen molar-refractivity contribution in [1.82, 2.24) is 4.90 Å². The zero-order valence-electron chi connectivity index (χ0n) is 13.3. The van der Waals surface area contributed by atoms with Gasteiger partial charge in [-0.1, -0.05) is 48.5 Å². The van der Waals surface area contributed by atoms with Gasteiger partial charge in [0.25, 0.3) is 5.91 Å². The standard InChI is InChI=1S/C19H23NO2/c1-3-20(4-2)19(21)15-22-18-13-9-8-12-17(18)14-16-10-6-5-7-11-16/h5-13H,3-4,14-15H2,1-2H3. The molecule has 1 amide bonds. The van der Waals surface area contributed by atoms with Gasteiger partial charge in [-0.2, -0.15) is 0 Å². The molecular weight excluding hydrogens is 274 g/mol. The quantitative estimate of drug-likeness (QED) is 0.782. The van der Waals surface area contributed by atoms with Crippen LogP contribution in [0.2, 0.25) is 0 Å². The van der Waals surface area contributed by atoms with Gasteiger partial charge in [0.1, 0.15) is 5.75 Å². The van der Waals surface area contributed by atoms with E-state index in [9.17, 15) is 4.79 Å². The number of benzene rings is 2. The minimum Gasteiger partial charge on any atom is -0.483 e. The maximum atomic E-state index is 12.0. The molecule has 0 unspecified atom stereocenters. The van der Waals surface area contributed by atoms with Gasteiger partial charge in [-0.3, -0.25) is 4.79 Å². The maximum absolute atomic E-state index is 12.0. The summed E-state index contributed by atoms with van der Waals surface area (Å²) in [5.41, 5.74) is 2.33. The van der Waals surface area contributed by atoms with Crippen LogP contribution in [-0.4, -0.2) is 30.5 Å². The van der Waals surface area contributed by atoms with Crippen molar-refractivity contribution in [2.75, 3.05) is 19.7 Å². The van der Waals surface area contributed by atoms with E-state index in [0.717, 1.165) is 17.7 Å². The van der Waals surface area contributed by atoms with Crippen molar-refractivity contribution in [1.29, 1.82) is 0 Å². The number of amides is 1. The second kappa shape index (κ2) is 8.23. The number of hydrogen-bond donors (Lipinski definition) is 0. The predicted molar refractivity (Wildman–Crippen MR) is 89.1 cm³/mol. The van der Waals surface area contributed by atoms with Crippen molar-refractivity contribution in [2.45, 2.75) is 20.3 Å². The van der Waals surface area contributed by atoms with Gasteiger partial charge in [0.2, 0.25) is 0 Å². The zero-order valence-corrected chi connectivity index (χ0v) is 13.3. The summed E-state index contributed by atoms with van der Waals surface area (Å²) in [4.78, 5) is 13.8. The summed E-state index contributed by atoms with van der Waals surface area (Å²) in [5.74, 6) is 0.811. The molecule has 116 valence electrons. The molecule has 0 saturated carbocycles. The molecule has 22 heavy (non-hydrogen) atoms. The van der Waals surface area contributed by atoms with Crippen molar-refractivity contribution < 1.29 is 9.53 Å². The number of ether oxygens (including phenoxy) is 1. The van der Waals surface area contributed by atoms with Crippen LogP contribution in [0.5, 0.6) is 5.75 Å². The first-order valence-corrected chi connectivity index (χ1v) is 7.77. The Morgan fingerprint density at radius 3 is 2.27 bits per heavy atom. The van der Waals surface area contributed by atoms with Gasteiger partial charge in [0.15, 0.2) is 6.61 Å². The summed E-state index contributed by atoms with van der Waals surface area (Å²) in [6.07, 6.45) is 0.802. The Bertz CT molecular complexity index is 591. The second-order valence-corrected chi connectivity index (χ2v) is 5.12. The lowest BCUT2D eigenvalue weighted by Gasteiger charge is -2.19. The minimum absolute atomic E-state index is 0.0273. The van der Waals surface area contributed by atoms with Gasteiger partial charge >= 0.3 is 0 Å². The van der Waals surface area contributed by atoms with E-state index in [2.05, 4.69) is 12.1 Å². The molecule has 3 heteroatoms. The highest BCUT2D eigenvalue weighted by Crippen LogP contribution is 2.21. The summed E-state index contributed by atoms with van der Waals surface area (Å²) in [6, 6.07) is 18.2. The molecule has 0 atom stereocenters. The van der Waals surface area contributed by atoms with E-state index in [4.69, 9.17) is 4.74 Å². The Labute approximate surface area is 132 Å². The largest absolute Gasteiger partial charge is 0.483 e. The lowest BCUT2D eigenvalue weighted by atomic mass is 10.0. The summed E-state index contributed by atoms with van der Waals surface area (Å²) >= 11 is 0. The molecule has 2 aromatic rings. The van der Waals surface area contributed by atoms with Crippen LogP contribution in [0.3, 0.4) is 0 Å². The zero-order chi connectivity index (χ0) is 15.8. The molecule has 0 aliphatic heterocycles. The van der Waals surface area contributed by atoms with E-state index < -0.39 is 0 Å². The van der Waals surface area contributed by atoms with Crippen molar-refractivity contribution in [2.24, 2.45) is 0 Å². The van der Waals surface area contributed by atoms with Crippen molar-refractivity contribution in [3.8, 4) is 5.75 Å². The van der Waals surface area contributed by atoms with E-state index in [-0.39, 0.29) is 12.5 Å². The van der Waals surface area contributed by atoms with Crippen LogP contribution in [0.1, 0.15) is 25.0 Å². The number of para-hydroxylation sites is 1. The summed E-state index contributed by atoms with van der Waals surface area (Å²) in [6.45, 7) is 5.47. The van der Waals surface area contributed by atoms with Crippen LogP contribution in [0.15, 0.2) is 54.6 Å². The molecule has 2 aromatic carbocycles. The second-order valence-electron chi connectivity index (χ2n) is 5.12. The summed E-state index contributed by atoms with van der Waals surface area (Å²) in [7, 11) is 0. The highest BCUT2D eigenvalue weighted by molar-refractivity contribution is 5.77. The van der Waals surface area contributed by atoms with E-state index in [1.54, 1.807) is 4.90 Å². The number of nitrogens with zero attached hydrogens (tertiary/aromatic N) is 1.